The van der Waals surface area contributed by atoms with Crippen molar-refractivity contribution >= 4 is 48.5 Å². The van der Waals surface area contributed by atoms with Crippen LogP contribution >= 0.6 is 27.3 Å². The SMILES string of the molecule is CCOc1ccc2nc(NC(=O)CCCOc3ccc(CC)cc3Br)sc2c1. The van der Waals surface area contributed by atoms with Crippen LogP contribution in [-0.2, 0) is 11.2 Å². The fraction of sp³-hybridized carbons (Fsp3) is 0.333. The predicted octanol–water partition coefficient (Wildman–Crippen LogP) is 5.82. The lowest BCUT2D eigenvalue weighted by molar-refractivity contribution is -0.116. The van der Waals surface area contributed by atoms with E-state index in [-0.39, 0.29) is 5.91 Å². The Morgan fingerprint density at radius 2 is 2.04 bits per heavy atom. The van der Waals surface area contributed by atoms with Crippen molar-refractivity contribution < 1.29 is 14.3 Å². The summed E-state index contributed by atoms with van der Waals surface area (Å²) < 4.78 is 13.2. The van der Waals surface area contributed by atoms with Crippen LogP contribution in [0, 0.1) is 0 Å². The summed E-state index contributed by atoms with van der Waals surface area (Å²) in [6.45, 7) is 5.17. The molecule has 5 nitrogen and oxygen atoms in total. The average molecular weight is 463 g/mol. The zero-order valence-electron chi connectivity index (χ0n) is 16.0. The molecule has 0 saturated carbocycles. The molecule has 148 valence electrons. The Bertz CT molecular complexity index is 958. The molecule has 3 rings (SSSR count). The number of hydrogen-bond acceptors (Lipinski definition) is 5. The van der Waals surface area contributed by atoms with Crippen molar-refractivity contribution in [3.8, 4) is 11.5 Å². The number of aromatic nitrogens is 1. The maximum atomic E-state index is 12.2. The van der Waals surface area contributed by atoms with E-state index >= 15 is 0 Å². The maximum absolute atomic E-state index is 12.2. The van der Waals surface area contributed by atoms with Gasteiger partial charge in [-0.2, -0.15) is 0 Å². The van der Waals surface area contributed by atoms with Crippen LogP contribution in [-0.4, -0.2) is 24.1 Å². The fourth-order valence-electron chi connectivity index (χ4n) is 2.69. The van der Waals surface area contributed by atoms with Crippen LogP contribution in [0.4, 0.5) is 5.13 Å². The average Bonchev–Trinajstić information content (AvgIpc) is 3.07. The summed E-state index contributed by atoms with van der Waals surface area (Å²) in [5, 5.41) is 3.47. The molecular formula is C21H23BrN2O3S. The Balaban J connectivity index is 1.47. The fourth-order valence-corrected chi connectivity index (χ4v) is 4.14. The van der Waals surface area contributed by atoms with Crippen LogP contribution in [0.15, 0.2) is 40.9 Å². The van der Waals surface area contributed by atoms with Gasteiger partial charge in [0.1, 0.15) is 11.5 Å². The lowest BCUT2D eigenvalue weighted by Crippen LogP contribution is -2.12. The number of amides is 1. The van der Waals surface area contributed by atoms with Gasteiger partial charge >= 0.3 is 0 Å². The molecule has 28 heavy (non-hydrogen) atoms. The number of thiazole rings is 1. The van der Waals surface area contributed by atoms with E-state index in [2.05, 4.69) is 45.3 Å². The van der Waals surface area contributed by atoms with Gasteiger partial charge in [-0.15, -0.1) is 0 Å². The summed E-state index contributed by atoms with van der Waals surface area (Å²) in [7, 11) is 0. The van der Waals surface area contributed by atoms with Crippen LogP contribution in [0.25, 0.3) is 10.2 Å². The first kappa shape index (κ1) is 20.6. The molecule has 0 aliphatic heterocycles. The normalized spacial score (nSPS) is 10.8. The molecular weight excluding hydrogens is 440 g/mol. The second-order valence-electron chi connectivity index (χ2n) is 6.20. The van der Waals surface area contributed by atoms with E-state index in [9.17, 15) is 4.79 Å². The number of nitrogens with one attached hydrogen (secondary N) is 1. The molecule has 2 aromatic carbocycles. The van der Waals surface area contributed by atoms with Gasteiger partial charge in [0.05, 0.1) is 27.9 Å². The summed E-state index contributed by atoms with van der Waals surface area (Å²) in [5.41, 5.74) is 2.11. The molecule has 0 atom stereocenters. The molecule has 0 unspecified atom stereocenters. The van der Waals surface area contributed by atoms with Gasteiger partial charge in [0.25, 0.3) is 0 Å². The maximum Gasteiger partial charge on any atom is 0.226 e. The molecule has 0 aliphatic carbocycles. The largest absolute Gasteiger partial charge is 0.494 e. The Kier molecular flexibility index (Phi) is 7.28. The minimum absolute atomic E-state index is 0.0620. The predicted molar refractivity (Wildman–Crippen MR) is 118 cm³/mol. The molecule has 0 radical (unpaired) electrons. The van der Waals surface area contributed by atoms with E-state index in [1.54, 1.807) is 0 Å². The Morgan fingerprint density at radius 3 is 2.79 bits per heavy atom. The van der Waals surface area contributed by atoms with Crippen molar-refractivity contribution in [2.75, 3.05) is 18.5 Å². The van der Waals surface area contributed by atoms with Crippen molar-refractivity contribution in [2.45, 2.75) is 33.1 Å². The number of halogens is 1. The van der Waals surface area contributed by atoms with E-state index in [1.165, 1.54) is 16.9 Å². The second kappa shape index (κ2) is 9.89. The van der Waals surface area contributed by atoms with Gasteiger partial charge in [-0.3, -0.25) is 4.79 Å². The third-order valence-corrected chi connectivity index (χ3v) is 5.68. The third-order valence-electron chi connectivity index (χ3n) is 4.13. The van der Waals surface area contributed by atoms with Gasteiger partial charge in [0, 0.05) is 6.42 Å². The van der Waals surface area contributed by atoms with Gasteiger partial charge in [-0.25, -0.2) is 4.98 Å². The standard InChI is InChI=1S/C21H23BrN2O3S/c1-3-14-7-10-18(16(22)12-14)27-11-5-6-20(25)24-21-23-17-9-8-15(26-4-2)13-19(17)28-21/h7-10,12-13H,3-6,11H2,1-2H3,(H,23,24,25). The molecule has 1 N–H and O–H groups in total. The van der Waals surface area contributed by atoms with Crippen LogP contribution in [0.5, 0.6) is 11.5 Å². The number of benzene rings is 2. The lowest BCUT2D eigenvalue weighted by Gasteiger charge is -2.09. The highest BCUT2D eigenvalue weighted by Crippen LogP contribution is 2.29. The number of aryl methyl sites for hydroxylation is 1. The van der Waals surface area contributed by atoms with Crippen LogP contribution < -0.4 is 14.8 Å². The lowest BCUT2D eigenvalue weighted by atomic mass is 10.2. The molecule has 0 bridgehead atoms. The van der Waals surface area contributed by atoms with Crippen molar-refractivity contribution in [1.82, 2.24) is 4.98 Å². The molecule has 0 saturated heterocycles. The Labute approximate surface area is 177 Å². The van der Waals surface area contributed by atoms with Gasteiger partial charge in [-0.05, 0) is 71.6 Å². The number of rotatable bonds is 9. The molecule has 1 aromatic heterocycles. The quantitative estimate of drug-likeness (QED) is 0.407. The van der Waals surface area contributed by atoms with Gasteiger partial charge in [0.2, 0.25) is 5.91 Å². The van der Waals surface area contributed by atoms with Gasteiger partial charge < -0.3 is 14.8 Å². The first-order valence-electron chi connectivity index (χ1n) is 9.33. The Morgan fingerprint density at radius 1 is 1.18 bits per heavy atom. The van der Waals surface area contributed by atoms with Gasteiger partial charge in [-0.1, -0.05) is 24.3 Å². The molecule has 0 spiro atoms. The van der Waals surface area contributed by atoms with E-state index in [0.717, 1.165) is 32.6 Å². The summed E-state index contributed by atoms with van der Waals surface area (Å²) in [6, 6.07) is 11.8. The van der Waals surface area contributed by atoms with Crippen molar-refractivity contribution in [1.29, 1.82) is 0 Å². The van der Waals surface area contributed by atoms with E-state index in [0.29, 0.717) is 31.2 Å². The van der Waals surface area contributed by atoms with Crippen molar-refractivity contribution in [3.05, 3.63) is 46.4 Å². The third kappa shape index (κ3) is 5.45. The topological polar surface area (TPSA) is 60.5 Å². The molecule has 0 fully saturated rings. The highest BCUT2D eigenvalue weighted by Gasteiger charge is 2.09. The minimum atomic E-state index is -0.0620. The van der Waals surface area contributed by atoms with E-state index in [4.69, 9.17) is 9.47 Å². The summed E-state index contributed by atoms with van der Waals surface area (Å²) in [6.07, 6.45) is 2.00. The number of nitrogens with zero attached hydrogens (tertiary/aromatic N) is 1. The Hall–Kier alpha value is -2.12. The smallest absolute Gasteiger partial charge is 0.226 e. The first-order valence-corrected chi connectivity index (χ1v) is 10.9. The first-order chi connectivity index (χ1) is 13.6. The number of carbonyl (C=O) groups excluding carboxylic acids is 1. The number of hydrogen-bond donors (Lipinski definition) is 1. The molecule has 1 heterocycles. The van der Waals surface area contributed by atoms with E-state index in [1.807, 2.05) is 31.2 Å². The summed E-state index contributed by atoms with van der Waals surface area (Å²) in [5.74, 6) is 1.55. The number of anilines is 1. The minimum Gasteiger partial charge on any atom is -0.494 e. The molecule has 3 aromatic rings. The number of ether oxygens (including phenoxy) is 2. The number of carbonyl (C=O) groups is 1. The molecule has 7 heteroatoms. The van der Waals surface area contributed by atoms with Crippen LogP contribution in [0.1, 0.15) is 32.3 Å². The zero-order chi connectivity index (χ0) is 19.9. The molecule has 0 aliphatic rings. The van der Waals surface area contributed by atoms with Crippen LogP contribution in [0.3, 0.4) is 0 Å². The summed E-state index contributed by atoms with van der Waals surface area (Å²) >= 11 is 4.97. The van der Waals surface area contributed by atoms with Crippen LogP contribution in [0.2, 0.25) is 0 Å². The second-order valence-corrected chi connectivity index (χ2v) is 8.09. The zero-order valence-corrected chi connectivity index (χ0v) is 18.4. The monoisotopic (exact) mass is 462 g/mol. The van der Waals surface area contributed by atoms with E-state index < -0.39 is 0 Å². The van der Waals surface area contributed by atoms with Crippen molar-refractivity contribution in [3.63, 3.8) is 0 Å². The highest BCUT2D eigenvalue weighted by molar-refractivity contribution is 9.10. The molecule has 1 amide bonds. The number of fused-ring (bicyclic) bond motifs is 1. The van der Waals surface area contributed by atoms with Crippen molar-refractivity contribution in [2.24, 2.45) is 0 Å². The summed E-state index contributed by atoms with van der Waals surface area (Å²) in [4.78, 5) is 16.6. The highest BCUT2D eigenvalue weighted by atomic mass is 79.9. The van der Waals surface area contributed by atoms with Gasteiger partial charge in [0.15, 0.2) is 5.13 Å².